The third kappa shape index (κ3) is 3.50. The summed E-state index contributed by atoms with van der Waals surface area (Å²) < 4.78 is 0. The van der Waals surface area contributed by atoms with Crippen molar-refractivity contribution in [1.29, 1.82) is 0 Å². The highest BCUT2D eigenvalue weighted by Crippen LogP contribution is 2.63. The van der Waals surface area contributed by atoms with Crippen LogP contribution in [-0.4, -0.2) is 5.11 Å². The lowest BCUT2D eigenvalue weighted by Gasteiger charge is -2.29. The van der Waals surface area contributed by atoms with Gasteiger partial charge < -0.3 is 5.11 Å². The maximum Gasteiger partial charge on any atom is 0.140 e. The van der Waals surface area contributed by atoms with E-state index in [0.29, 0.717) is 5.76 Å². The summed E-state index contributed by atoms with van der Waals surface area (Å²) in [5.41, 5.74) is 0.889. The van der Waals surface area contributed by atoms with E-state index in [9.17, 15) is 5.11 Å². The van der Waals surface area contributed by atoms with Crippen LogP contribution < -0.4 is 15.9 Å². The van der Waals surface area contributed by atoms with Gasteiger partial charge in [-0.2, -0.15) is 0 Å². The minimum atomic E-state index is -2.17. The zero-order valence-corrected chi connectivity index (χ0v) is 17.3. The summed E-state index contributed by atoms with van der Waals surface area (Å²) in [7, 11) is -2.17. The van der Waals surface area contributed by atoms with Gasteiger partial charge in [0.25, 0.3) is 0 Å². The highest BCUT2D eigenvalue weighted by Gasteiger charge is 2.48. The smallest absolute Gasteiger partial charge is 0.140 e. The summed E-state index contributed by atoms with van der Waals surface area (Å²) in [5.74, 6) is 0.305. The molecule has 0 saturated heterocycles. The number of aliphatic hydroxyl groups is 1. The van der Waals surface area contributed by atoms with Crippen molar-refractivity contribution in [2.45, 2.75) is 6.92 Å². The molecule has 142 valence electrons. The second kappa shape index (κ2) is 8.47. The number of aliphatic hydroxyl groups excluding tert-OH is 1. The number of allylic oxidation sites excluding steroid dienone is 6. The molecule has 29 heavy (non-hydrogen) atoms. The Morgan fingerprint density at radius 1 is 0.621 bits per heavy atom. The van der Waals surface area contributed by atoms with E-state index in [1.807, 2.05) is 24.3 Å². The van der Waals surface area contributed by atoms with Crippen LogP contribution in [0.15, 0.2) is 138 Å². The van der Waals surface area contributed by atoms with Gasteiger partial charge in [-0.1, -0.05) is 72.8 Å². The molecule has 0 amide bonds. The van der Waals surface area contributed by atoms with E-state index in [4.69, 9.17) is 0 Å². The van der Waals surface area contributed by atoms with Crippen LogP contribution in [-0.2, 0) is 0 Å². The van der Waals surface area contributed by atoms with E-state index in [0.717, 1.165) is 5.57 Å². The molecule has 2 heteroatoms. The van der Waals surface area contributed by atoms with Crippen molar-refractivity contribution in [2.24, 2.45) is 0 Å². The predicted molar refractivity (Wildman–Crippen MR) is 127 cm³/mol. The van der Waals surface area contributed by atoms with Crippen LogP contribution >= 0.6 is 7.26 Å². The highest BCUT2D eigenvalue weighted by molar-refractivity contribution is 7.99. The summed E-state index contributed by atoms with van der Waals surface area (Å²) in [6.07, 6.45) is 9.61. The third-order valence-electron chi connectivity index (χ3n) is 5.34. The van der Waals surface area contributed by atoms with Crippen LogP contribution in [0.4, 0.5) is 0 Å². The summed E-state index contributed by atoms with van der Waals surface area (Å²) in [5, 5.41) is 15.9. The van der Waals surface area contributed by atoms with Crippen molar-refractivity contribution in [2.75, 3.05) is 0 Å². The molecule has 0 aromatic heterocycles. The first-order valence-electron chi connectivity index (χ1n) is 9.76. The largest absolute Gasteiger partial charge is 0.507 e. The zero-order valence-electron chi connectivity index (χ0n) is 16.4. The van der Waals surface area contributed by atoms with Gasteiger partial charge in [-0.05, 0) is 55.5 Å². The van der Waals surface area contributed by atoms with Crippen LogP contribution in [0.1, 0.15) is 6.92 Å². The first kappa shape index (κ1) is 19.2. The number of hydrogen-bond acceptors (Lipinski definition) is 1. The van der Waals surface area contributed by atoms with Crippen molar-refractivity contribution in [3.8, 4) is 0 Å². The molecule has 0 atom stereocenters. The van der Waals surface area contributed by atoms with Gasteiger partial charge >= 0.3 is 0 Å². The lowest BCUT2D eigenvalue weighted by molar-refractivity contribution is 0.426. The minimum Gasteiger partial charge on any atom is -0.507 e. The lowest BCUT2D eigenvalue weighted by Crippen LogP contribution is -2.32. The van der Waals surface area contributed by atoms with E-state index in [1.165, 1.54) is 21.2 Å². The SMILES string of the molecule is C/C(=C1/C=CC=CC=C1O)[P+](c1ccccc1)(c1ccccc1)c1ccccc1. The molecule has 0 heterocycles. The predicted octanol–water partition coefficient (Wildman–Crippen LogP) is 5.82. The second-order valence-electron chi connectivity index (χ2n) is 6.97. The molecule has 4 rings (SSSR count). The van der Waals surface area contributed by atoms with E-state index in [-0.39, 0.29) is 0 Å². The summed E-state index contributed by atoms with van der Waals surface area (Å²) >= 11 is 0. The Kier molecular flexibility index (Phi) is 5.60. The van der Waals surface area contributed by atoms with E-state index >= 15 is 0 Å². The van der Waals surface area contributed by atoms with Gasteiger partial charge in [-0.3, -0.25) is 0 Å². The Bertz CT molecular complexity index is 994. The zero-order chi connectivity index (χ0) is 20.1. The summed E-state index contributed by atoms with van der Waals surface area (Å²) in [4.78, 5) is 0. The van der Waals surface area contributed by atoms with Crippen molar-refractivity contribution < 1.29 is 5.11 Å². The normalized spacial score (nSPS) is 15.6. The maximum absolute atomic E-state index is 10.8. The first-order valence-corrected chi connectivity index (χ1v) is 11.5. The van der Waals surface area contributed by atoms with E-state index in [1.54, 1.807) is 6.08 Å². The van der Waals surface area contributed by atoms with Gasteiger partial charge in [0.05, 0.1) is 10.9 Å². The van der Waals surface area contributed by atoms with Crippen molar-refractivity contribution >= 4 is 23.2 Å². The van der Waals surface area contributed by atoms with Gasteiger partial charge in [0.1, 0.15) is 28.9 Å². The molecule has 0 fully saturated rings. The molecule has 0 saturated carbocycles. The van der Waals surface area contributed by atoms with Crippen LogP contribution in [0.5, 0.6) is 0 Å². The fraction of sp³-hybridized carbons (Fsp3) is 0.0370. The van der Waals surface area contributed by atoms with Crippen LogP contribution in [0.3, 0.4) is 0 Å². The lowest BCUT2D eigenvalue weighted by atomic mass is 10.2. The molecular weight excluding hydrogens is 371 g/mol. The molecule has 0 radical (unpaired) electrons. The minimum absolute atomic E-state index is 0.305. The Balaban J connectivity index is 2.15. The van der Waals surface area contributed by atoms with E-state index < -0.39 is 7.26 Å². The molecule has 1 aliphatic rings. The molecule has 1 N–H and O–H groups in total. The van der Waals surface area contributed by atoms with Gasteiger partial charge in [-0.25, -0.2) is 0 Å². The maximum atomic E-state index is 10.8. The van der Waals surface area contributed by atoms with Crippen LogP contribution in [0.25, 0.3) is 0 Å². The molecule has 0 spiro atoms. The molecule has 3 aromatic carbocycles. The summed E-state index contributed by atoms with van der Waals surface area (Å²) in [6.45, 7) is 2.18. The number of rotatable bonds is 4. The van der Waals surface area contributed by atoms with Gasteiger partial charge in [0.15, 0.2) is 0 Å². The van der Waals surface area contributed by atoms with Crippen molar-refractivity contribution in [1.82, 2.24) is 0 Å². The standard InChI is InChI=1S/C27H23OP/c1-22(26-20-12-5-13-21-27(26)28)29(23-14-6-2-7-15-23,24-16-8-3-9-17-24)25-18-10-4-11-19-25/h2-21H,1H3/p+1/b26-22+. The van der Waals surface area contributed by atoms with E-state index in [2.05, 4.69) is 97.9 Å². The second-order valence-corrected chi connectivity index (χ2v) is 10.5. The van der Waals surface area contributed by atoms with Crippen molar-refractivity contribution in [3.63, 3.8) is 0 Å². The molecule has 0 unspecified atom stereocenters. The fourth-order valence-electron chi connectivity index (χ4n) is 4.01. The quantitative estimate of drug-likeness (QED) is 0.552. The average Bonchev–Trinajstić information content (AvgIpc) is 3.01. The topological polar surface area (TPSA) is 20.2 Å². The van der Waals surface area contributed by atoms with Gasteiger partial charge in [0.2, 0.25) is 0 Å². The molecule has 1 nitrogen and oxygen atoms in total. The monoisotopic (exact) mass is 395 g/mol. The number of benzene rings is 3. The summed E-state index contributed by atoms with van der Waals surface area (Å²) in [6, 6.07) is 32.1. The van der Waals surface area contributed by atoms with Gasteiger partial charge in [0, 0.05) is 0 Å². The van der Waals surface area contributed by atoms with Crippen LogP contribution in [0, 0.1) is 0 Å². The van der Waals surface area contributed by atoms with Crippen LogP contribution in [0.2, 0.25) is 0 Å². The molecular formula is C27H24OP+. The fourth-order valence-corrected chi connectivity index (χ4v) is 8.47. The average molecular weight is 395 g/mol. The van der Waals surface area contributed by atoms with Crippen molar-refractivity contribution in [3.05, 3.63) is 138 Å². The molecule has 0 bridgehead atoms. The molecule has 0 aliphatic heterocycles. The molecule has 1 aliphatic carbocycles. The van der Waals surface area contributed by atoms with Gasteiger partial charge in [-0.15, -0.1) is 0 Å². The Hall–Kier alpha value is -3.15. The first-order chi connectivity index (χ1) is 14.2. The Labute approximate surface area is 173 Å². The Morgan fingerprint density at radius 2 is 1.07 bits per heavy atom. The third-order valence-corrected chi connectivity index (χ3v) is 9.80. The molecule has 3 aromatic rings. The highest BCUT2D eigenvalue weighted by atomic mass is 31.2. The number of hydrogen-bond donors (Lipinski definition) is 1. The Morgan fingerprint density at radius 3 is 1.52 bits per heavy atom.